The van der Waals surface area contributed by atoms with Gasteiger partial charge < -0.3 is 10.1 Å². The summed E-state index contributed by atoms with van der Waals surface area (Å²) in [4.78, 5) is 10.1. The first-order chi connectivity index (χ1) is 9.49. The van der Waals surface area contributed by atoms with E-state index in [1.807, 2.05) is 0 Å². The van der Waals surface area contributed by atoms with Crippen molar-refractivity contribution in [1.82, 2.24) is 0 Å². The highest BCUT2D eigenvalue weighted by Crippen LogP contribution is 2.32. The Morgan fingerprint density at radius 1 is 1.30 bits per heavy atom. The van der Waals surface area contributed by atoms with Crippen molar-refractivity contribution >= 4 is 33.0 Å². The number of rotatable bonds is 4. The highest BCUT2D eigenvalue weighted by Gasteiger charge is 2.11. The van der Waals surface area contributed by atoms with Crippen molar-refractivity contribution in [2.24, 2.45) is 0 Å². The van der Waals surface area contributed by atoms with E-state index < -0.39 is 10.7 Å². The summed E-state index contributed by atoms with van der Waals surface area (Å²) in [6, 6.07) is 8.54. The second-order valence-electron chi connectivity index (χ2n) is 3.92. The summed E-state index contributed by atoms with van der Waals surface area (Å²) in [7, 11) is 1.50. The predicted molar refractivity (Wildman–Crippen MR) is 77.0 cm³/mol. The normalized spacial score (nSPS) is 10.2. The molecule has 0 saturated carbocycles. The molecule has 0 unspecified atom stereocenters. The number of nitrogens with one attached hydrogen (secondary N) is 1. The largest absolute Gasteiger partial charge is 0.495 e. The first kappa shape index (κ1) is 14.3. The van der Waals surface area contributed by atoms with Gasteiger partial charge in [0.15, 0.2) is 0 Å². The molecular weight excluding hydrogens is 331 g/mol. The number of ether oxygens (including phenoxy) is 1. The molecule has 0 aromatic heterocycles. The number of nitro groups is 1. The van der Waals surface area contributed by atoms with Gasteiger partial charge in [-0.3, -0.25) is 10.1 Å². The second-order valence-corrected chi connectivity index (χ2v) is 4.84. The maximum atomic E-state index is 13.4. The third kappa shape index (κ3) is 3.24. The highest BCUT2D eigenvalue weighted by atomic mass is 79.9. The molecule has 0 atom stereocenters. The lowest BCUT2D eigenvalue weighted by Gasteiger charge is -2.11. The summed E-state index contributed by atoms with van der Waals surface area (Å²) >= 11 is 3.31. The number of nitro benzene ring substituents is 1. The van der Waals surface area contributed by atoms with Crippen molar-refractivity contribution in [1.29, 1.82) is 0 Å². The Bertz CT molecular complexity index is 664. The van der Waals surface area contributed by atoms with Crippen LogP contribution in [-0.2, 0) is 0 Å². The number of nitrogens with zero attached hydrogens (tertiary/aromatic N) is 1. The van der Waals surface area contributed by atoms with Crippen LogP contribution in [0.15, 0.2) is 40.9 Å². The monoisotopic (exact) mass is 340 g/mol. The van der Waals surface area contributed by atoms with Gasteiger partial charge in [0.2, 0.25) is 0 Å². The van der Waals surface area contributed by atoms with E-state index in [4.69, 9.17) is 4.74 Å². The number of anilines is 2. The minimum atomic E-state index is -0.685. The van der Waals surface area contributed by atoms with Gasteiger partial charge in [-0.1, -0.05) is 15.9 Å². The van der Waals surface area contributed by atoms with Gasteiger partial charge in [-0.05, 0) is 24.3 Å². The average molecular weight is 341 g/mol. The quantitative estimate of drug-likeness (QED) is 0.667. The molecule has 104 valence electrons. The highest BCUT2D eigenvalue weighted by molar-refractivity contribution is 9.10. The molecule has 20 heavy (non-hydrogen) atoms. The topological polar surface area (TPSA) is 64.4 Å². The van der Waals surface area contributed by atoms with Crippen molar-refractivity contribution in [3.05, 3.63) is 56.8 Å². The van der Waals surface area contributed by atoms with Gasteiger partial charge in [-0.25, -0.2) is 4.39 Å². The fourth-order valence-corrected chi connectivity index (χ4v) is 2.05. The summed E-state index contributed by atoms with van der Waals surface area (Å²) in [6.45, 7) is 0. The molecule has 0 aliphatic carbocycles. The van der Waals surface area contributed by atoms with Crippen LogP contribution < -0.4 is 10.1 Å². The Morgan fingerprint density at radius 3 is 2.70 bits per heavy atom. The smallest absolute Gasteiger partial charge is 0.274 e. The maximum absolute atomic E-state index is 13.4. The van der Waals surface area contributed by atoms with Crippen molar-refractivity contribution in [2.45, 2.75) is 0 Å². The average Bonchev–Trinajstić information content (AvgIpc) is 2.38. The molecule has 0 aliphatic rings. The molecule has 0 radical (unpaired) electrons. The standard InChI is InChI=1S/C13H10BrFN2O3/c1-20-13-3-2-8(14)4-12(13)16-10-5-9(15)6-11(7-10)17(18)19/h2-7,16H,1H3. The van der Waals surface area contributed by atoms with Gasteiger partial charge in [0.05, 0.1) is 23.8 Å². The molecule has 0 fully saturated rings. The van der Waals surface area contributed by atoms with Crippen molar-refractivity contribution in [3.8, 4) is 5.75 Å². The Kier molecular flexibility index (Phi) is 4.19. The van der Waals surface area contributed by atoms with E-state index in [0.29, 0.717) is 11.4 Å². The van der Waals surface area contributed by atoms with Gasteiger partial charge in [0.1, 0.15) is 11.6 Å². The van der Waals surface area contributed by atoms with Crippen LogP contribution in [0.5, 0.6) is 5.75 Å². The van der Waals surface area contributed by atoms with E-state index >= 15 is 0 Å². The van der Waals surface area contributed by atoms with Crippen LogP contribution in [0.1, 0.15) is 0 Å². The van der Waals surface area contributed by atoms with E-state index in [9.17, 15) is 14.5 Å². The van der Waals surface area contributed by atoms with Crippen molar-refractivity contribution < 1.29 is 14.1 Å². The molecule has 0 spiro atoms. The maximum Gasteiger partial charge on any atom is 0.274 e. The first-order valence-corrected chi connectivity index (χ1v) is 6.34. The zero-order valence-corrected chi connectivity index (χ0v) is 12.0. The molecule has 0 saturated heterocycles. The molecule has 0 heterocycles. The van der Waals surface area contributed by atoms with E-state index in [1.165, 1.54) is 19.2 Å². The summed E-state index contributed by atoms with van der Waals surface area (Å²) in [5, 5.41) is 13.6. The summed E-state index contributed by atoms with van der Waals surface area (Å²) in [5.74, 6) is -0.143. The van der Waals surface area contributed by atoms with Gasteiger partial charge in [0, 0.05) is 16.2 Å². The molecule has 5 nitrogen and oxygen atoms in total. The molecule has 0 amide bonds. The van der Waals surface area contributed by atoms with E-state index in [0.717, 1.165) is 10.5 Å². The number of benzene rings is 2. The van der Waals surface area contributed by atoms with Gasteiger partial charge in [0.25, 0.3) is 5.69 Å². The van der Waals surface area contributed by atoms with Gasteiger partial charge >= 0.3 is 0 Å². The first-order valence-electron chi connectivity index (χ1n) is 5.55. The van der Waals surface area contributed by atoms with Crippen molar-refractivity contribution in [2.75, 3.05) is 12.4 Å². The van der Waals surface area contributed by atoms with Crippen LogP contribution in [0, 0.1) is 15.9 Å². The minimum Gasteiger partial charge on any atom is -0.495 e. The van der Waals surface area contributed by atoms with Crippen LogP contribution in [0.2, 0.25) is 0 Å². The third-order valence-electron chi connectivity index (χ3n) is 2.53. The van der Waals surface area contributed by atoms with E-state index in [1.54, 1.807) is 18.2 Å². The van der Waals surface area contributed by atoms with E-state index in [-0.39, 0.29) is 11.4 Å². The van der Waals surface area contributed by atoms with Crippen LogP contribution in [0.4, 0.5) is 21.5 Å². The molecule has 0 bridgehead atoms. The number of halogens is 2. The number of hydrogen-bond acceptors (Lipinski definition) is 4. The molecule has 2 rings (SSSR count). The summed E-state index contributed by atoms with van der Waals surface area (Å²) in [6.07, 6.45) is 0. The lowest BCUT2D eigenvalue weighted by molar-refractivity contribution is -0.385. The zero-order chi connectivity index (χ0) is 14.7. The van der Waals surface area contributed by atoms with Crippen LogP contribution in [0.3, 0.4) is 0 Å². The molecule has 2 aromatic rings. The second kappa shape index (κ2) is 5.87. The molecule has 7 heteroatoms. The fourth-order valence-electron chi connectivity index (χ4n) is 1.69. The Morgan fingerprint density at radius 2 is 2.05 bits per heavy atom. The van der Waals surface area contributed by atoms with Gasteiger partial charge in [-0.15, -0.1) is 0 Å². The van der Waals surface area contributed by atoms with Crippen LogP contribution in [-0.4, -0.2) is 12.0 Å². The SMILES string of the molecule is COc1ccc(Br)cc1Nc1cc(F)cc([N+](=O)[O-])c1. The predicted octanol–water partition coefficient (Wildman–Crippen LogP) is 4.25. The summed E-state index contributed by atoms with van der Waals surface area (Å²) < 4.78 is 19.3. The lowest BCUT2D eigenvalue weighted by atomic mass is 10.2. The number of hydrogen-bond donors (Lipinski definition) is 1. The van der Waals surface area contributed by atoms with Crippen LogP contribution in [0.25, 0.3) is 0 Å². The summed E-state index contributed by atoms with van der Waals surface area (Å²) in [5.41, 5.74) is 0.524. The lowest BCUT2D eigenvalue weighted by Crippen LogP contribution is -1.97. The Labute approximate surface area is 122 Å². The Balaban J connectivity index is 2.39. The molecule has 1 N–H and O–H groups in total. The molecule has 0 aliphatic heterocycles. The number of methoxy groups -OCH3 is 1. The molecule has 2 aromatic carbocycles. The fraction of sp³-hybridized carbons (Fsp3) is 0.0769. The minimum absolute atomic E-state index is 0.271. The zero-order valence-electron chi connectivity index (χ0n) is 10.4. The molecular formula is C13H10BrFN2O3. The van der Waals surface area contributed by atoms with Crippen molar-refractivity contribution in [3.63, 3.8) is 0 Å². The van der Waals surface area contributed by atoms with Gasteiger partial charge in [-0.2, -0.15) is 0 Å². The number of non-ortho nitro benzene ring substituents is 1. The third-order valence-corrected chi connectivity index (χ3v) is 3.03. The Hall–Kier alpha value is -2.15. The van der Waals surface area contributed by atoms with E-state index in [2.05, 4.69) is 21.2 Å². The van der Waals surface area contributed by atoms with Crippen LogP contribution >= 0.6 is 15.9 Å².